The standard InChI is InChI=1S/C17H14O4/c18-16(17(19)20)12-6-7-14-13(8-12)9-21-10-15(14)11-4-2-1-3-5-11/h1-9,14-15H,10H2,(H,19,20). The highest BCUT2D eigenvalue weighted by Gasteiger charge is 2.31. The molecule has 0 spiro atoms. The first-order chi connectivity index (χ1) is 10.2. The van der Waals surface area contributed by atoms with Crippen LogP contribution >= 0.6 is 0 Å². The summed E-state index contributed by atoms with van der Waals surface area (Å²) in [6.45, 7) is 0.568. The summed E-state index contributed by atoms with van der Waals surface area (Å²) in [6.07, 6.45) is 6.71. The van der Waals surface area contributed by atoms with E-state index >= 15 is 0 Å². The Balaban J connectivity index is 1.90. The molecule has 21 heavy (non-hydrogen) atoms. The molecule has 1 aromatic carbocycles. The molecule has 0 radical (unpaired) electrons. The van der Waals surface area contributed by atoms with E-state index in [0.717, 1.165) is 5.57 Å². The van der Waals surface area contributed by atoms with Crippen molar-refractivity contribution in [2.75, 3.05) is 6.61 Å². The van der Waals surface area contributed by atoms with Crippen molar-refractivity contribution in [1.82, 2.24) is 0 Å². The molecule has 4 heteroatoms. The minimum Gasteiger partial charge on any atom is -0.500 e. The number of aliphatic carboxylic acids is 1. The van der Waals surface area contributed by atoms with Crippen molar-refractivity contribution in [2.45, 2.75) is 5.92 Å². The van der Waals surface area contributed by atoms with Crippen LogP contribution in [0, 0.1) is 5.92 Å². The Bertz CT molecular complexity index is 667. The number of ketones is 1. The lowest BCUT2D eigenvalue weighted by atomic mass is 9.77. The Morgan fingerprint density at radius 2 is 1.95 bits per heavy atom. The van der Waals surface area contributed by atoms with E-state index in [1.165, 1.54) is 5.56 Å². The molecule has 3 rings (SSSR count). The van der Waals surface area contributed by atoms with Crippen LogP contribution in [0.2, 0.25) is 0 Å². The van der Waals surface area contributed by atoms with E-state index in [-0.39, 0.29) is 17.4 Å². The van der Waals surface area contributed by atoms with Crippen LogP contribution in [-0.2, 0) is 14.3 Å². The number of carboxylic acid groups (broad SMARTS) is 1. The van der Waals surface area contributed by atoms with E-state index in [4.69, 9.17) is 9.84 Å². The second-order valence-electron chi connectivity index (χ2n) is 5.09. The number of Topliss-reactive ketones (excluding diaryl/α,β-unsaturated/α-hetero) is 1. The highest BCUT2D eigenvalue weighted by atomic mass is 16.5. The second kappa shape index (κ2) is 5.40. The summed E-state index contributed by atoms with van der Waals surface area (Å²) in [4.78, 5) is 22.3. The van der Waals surface area contributed by atoms with Crippen LogP contribution < -0.4 is 0 Å². The number of allylic oxidation sites excluding steroid dienone is 4. The van der Waals surface area contributed by atoms with Gasteiger partial charge in [-0.1, -0.05) is 42.5 Å². The molecule has 4 nitrogen and oxygen atoms in total. The maximum Gasteiger partial charge on any atom is 0.377 e. The Hall–Kier alpha value is -2.62. The third-order valence-corrected chi connectivity index (χ3v) is 3.80. The highest BCUT2D eigenvalue weighted by molar-refractivity contribution is 6.40. The predicted molar refractivity (Wildman–Crippen MR) is 76.6 cm³/mol. The summed E-state index contributed by atoms with van der Waals surface area (Å²) < 4.78 is 5.50. The Morgan fingerprint density at radius 3 is 2.67 bits per heavy atom. The summed E-state index contributed by atoms with van der Waals surface area (Å²) in [7, 11) is 0. The molecule has 0 saturated carbocycles. The molecule has 0 aromatic heterocycles. The van der Waals surface area contributed by atoms with Crippen LogP contribution in [-0.4, -0.2) is 23.5 Å². The number of hydrogen-bond donors (Lipinski definition) is 1. The van der Waals surface area contributed by atoms with Crippen LogP contribution in [0.1, 0.15) is 11.5 Å². The smallest absolute Gasteiger partial charge is 0.377 e. The zero-order valence-corrected chi connectivity index (χ0v) is 11.2. The average molecular weight is 282 g/mol. The lowest BCUT2D eigenvalue weighted by Crippen LogP contribution is -2.25. The van der Waals surface area contributed by atoms with Gasteiger partial charge in [0.2, 0.25) is 0 Å². The van der Waals surface area contributed by atoms with Crippen molar-refractivity contribution < 1.29 is 19.4 Å². The van der Waals surface area contributed by atoms with Gasteiger partial charge in [0.15, 0.2) is 0 Å². The maximum absolute atomic E-state index is 11.5. The fourth-order valence-electron chi connectivity index (χ4n) is 2.74. The van der Waals surface area contributed by atoms with E-state index in [1.54, 1.807) is 18.4 Å². The molecule has 1 heterocycles. The zero-order valence-electron chi connectivity index (χ0n) is 11.2. The first-order valence-corrected chi connectivity index (χ1v) is 6.71. The van der Waals surface area contributed by atoms with Crippen molar-refractivity contribution in [2.24, 2.45) is 5.92 Å². The minimum absolute atomic E-state index is 0.103. The lowest BCUT2D eigenvalue weighted by molar-refractivity contribution is -0.147. The normalized spacial score (nSPS) is 23.4. The summed E-state index contributed by atoms with van der Waals surface area (Å²) in [5, 5.41) is 8.79. The molecule has 2 aliphatic rings. The lowest BCUT2D eigenvalue weighted by Gasteiger charge is -2.31. The van der Waals surface area contributed by atoms with Crippen molar-refractivity contribution in [1.29, 1.82) is 0 Å². The minimum atomic E-state index is -1.44. The van der Waals surface area contributed by atoms with Crippen molar-refractivity contribution in [3.63, 3.8) is 0 Å². The van der Waals surface area contributed by atoms with Crippen LogP contribution in [0.15, 0.2) is 66.0 Å². The van der Waals surface area contributed by atoms with Crippen molar-refractivity contribution in [3.8, 4) is 0 Å². The number of rotatable bonds is 3. The van der Waals surface area contributed by atoms with Gasteiger partial charge in [0, 0.05) is 17.4 Å². The molecule has 1 N–H and O–H groups in total. The number of benzene rings is 1. The first kappa shape index (κ1) is 13.4. The van der Waals surface area contributed by atoms with Gasteiger partial charge in [-0.15, -0.1) is 0 Å². The van der Waals surface area contributed by atoms with Gasteiger partial charge >= 0.3 is 5.97 Å². The summed E-state index contributed by atoms with van der Waals surface area (Å²) in [5.74, 6) is -2.07. The summed E-state index contributed by atoms with van der Waals surface area (Å²) in [6, 6.07) is 10.0. The molecule has 1 aliphatic carbocycles. The average Bonchev–Trinajstić information content (AvgIpc) is 2.53. The number of carboxylic acids is 1. The van der Waals surface area contributed by atoms with Gasteiger partial charge in [0.25, 0.3) is 5.78 Å². The number of carbonyl (C=O) groups is 2. The van der Waals surface area contributed by atoms with Gasteiger partial charge in [-0.25, -0.2) is 4.79 Å². The molecule has 0 amide bonds. The third-order valence-electron chi connectivity index (χ3n) is 3.80. The van der Waals surface area contributed by atoms with Gasteiger partial charge in [-0.05, 0) is 17.2 Å². The Kier molecular flexibility index (Phi) is 3.44. The molecular weight excluding hydrogens is 268 g/mol. The number of hydrogen-bond acceptors (Lipinski definition) is 3. The van der Waals surface area contributed by atoms with Crippen LogP contribution in [0.25, 0.3) is 0 Å². The topological polar surface area (TPSA) is 63.6 Å². The third kappa shape index (κ3) is 2.52. The molecule has 2 unspecified atom stereocenters. The number of carbonyl (C=O) groups excluding carboxylic acids is 1. The molecule has 1 aromatic rings. The number of ether oxygens (including phenoxy) is 1. The first-order valence-electron chi connectivity index (χ1n) is 6.71. The molecular formula is C17H14O4. The summed E-state index contributed by atoms with van der Waals surface area (Å²) >= 11 is 0. The van der Waals surface area contributed by atoms with E-state index in [1.807, 2.05) is 36.4 Å². The van der Waals surface area contributed by atoms with Crippen LogP contribution in [0.4, 0.5) is 0 Å². The fourth-order valence-corrected chi connectivity index (χ4v) is 2.74. The zero-order chi connectivity index (χ0) is 14.8. The quantitative estimate of drug-likeness (QED) is 0.865. The van der Waals surface area contributed by atoms with Crippen molar-refractivity contribution >= 4 is 11.8 Å². The van der Waals surface area contributed by atoms with E-state index in [2.05, 4.69) is 0 Å². The fraction of sp³-hybridized carbons (Fsp3) is 0.176. The van der Waals surface area contributed by atoms with Gasteiger partial charge in [0.05, 0.1) is 12.9 Å². The largest absolute Gasteiger partial charge is 0.500 e. The van der Waals surface area contributed by atoms with E-state index in [9.17, 15) is 9.59 Å². The molecule has 1 aliphatic heterocycles. The van der Waals surface area contributed by atoms with Crippen molar-refractivity contribution in [3.05, 3.63) is 71.5 Å². The highest BCUT2D eigenvalue weighted by Crippen LogP contribution is 2.38. The van der Waals surface area contributed by atoms with Crippen LogP contribution in [0.5, 0.6) is 0 Å². The molecule has 0 saturated heterocycles. The van der Waals surface area contributed by atoms with Crippen LogP contribution in [0.3, 0.4) is 0 Å². The van der Waals surface area contributed by atoms with Gasteiger partial charge < -0.3 is 9.84 Å². The molecule has 2 atom stereocenters. The Morgan fingerprint density at radius 1 is 1.19 bits per heavy atom. The Labute approximate surface area is 122 Å². The summed E-state index contributed by atoms with van der Waals surface area (Å²) in [5.41, 5.74) is 2.18. The molecule has 0 fully saturated rings. The predicted octanol–water partition coefficient (Wildman–Crippen LogP) is 2.45. The van der Waals surface area contributed by atoms with Gasteiger partial charge in [-0.2, -0.15) is 0 Å². The second-order valence-corrected chi connectivity index (χ2v) is 5.09. The van der Waals surface area contributed by atoms with E-state index < -0.39 is 11.8 Å². The number of fused-ring (bicyclic) bond motifs is 1. The molecule has 106 valence electrons. The van der Waals surface area contributed by atoms with Gasteiger partial charge in [-0.3, -0.25) is 4.79 Å². The maximum atomic E-state index is 11.5. The molecule has 0 bridgehead atoms. The van der Waals surface area contributed by atoms with Gasteiger partial charge in [0.1, 0.15) is 0 Å². The SMILES string of the molecule is O=C(O)C(=O)C1=CC2=COCC(c3ccccc3)C2C=C1. The van der Waals surface area contributed by atoms with E-state index in [0.29, 0.717) is 6.61 Å². The monoisotopic (exact) mass is 282 g/mol.